The average molecular weight is 379 g/mol. The Morgan fingerprint density at radius 1 is 1.44 bits per heavy atom. The van der Waals surface area contributed by atoms with Crippen LogP contribution in [-0.2, 0) is 0 Å². The van der Waals surface area contributed by atoms with Gasteiger partial charge in [0.1, 0.15) is 0 Å². The van der Waals surface area contributed by atoms with Gasteiger partial charge in [0.25, 0.3) is 0 Å². The van der Waals surface area contributed by atoms with Crippen LogP contribution in [0.2, 0.25) is 0 Å². The summed E-state index contributed by atoms with van der Waals surface area (Å²) in [6, 6.07) is 4.03. The number of carboxylic acid groups (broad SMARTS) is 1. The molecule has 1 fully saturated rings. The molecule has 2 heterocycles. The largest absolute Gasteiger partial charge is 0.494 e. The number of likely N-dealkylation sites (tertiary alicyclic amines) is 1. The maximum absolute atomic E-state index is 13.6. The third kappa shape index (κ3) is 4.20. The number of carbonyl (C=O) groups is 1. The molecule has 0 aliphatic carbocycles. The zero-order valence-electron chi connectivity index (χ0n) is 14.9. The molecule has 1 aliphatic heterocycles. The van der Waals surface area contributed by atoms with Crippen LogP contribution in [0.3, 0.4) is 0 Å². The summed E-state index contributed by atoms with van der Waals surface area (Å²) in [6.45, 7) is 2.36. The van der Waals surface area contributed by atoms with Gasteiger partial charge < -0.3 is 29.7 Å². The average Bonchev–Trinajstić information content (AvgIpc) is 3.08. The number of carboxylic acids is 1. The first-order chi connectivity index (χ1) is 13.0. The minimum absolute atomic E-state index is 0.00833. The van der Waals surface area contributed by atoms with E-state index in [2.05, 4.69) is 15.4 Å². The number of methoxy groups -OCH3 is 1. The monoisotopic (exact) mass is 379 g/mol. The van der Waals surface area contributed by atoms with Gasteiger partial charge >= 0.3 is 5.97 Å². The van der Waals surface area contributed by atoms with E-state index >= 15 is 0 Å². The van der Waals surface area contributed by atoms with E-state index in [1.807, 2.05) is 0 Å². The molecule has 3 N–H and O–H groups in total. The van der Waals surface area contributed by atoms with E-state index in [0.717, 1.165) is 25.9 Å². The summed E-state index contributed by atoms with van der Waals surface area (Å²) < 4.78 is 23.8. The number of aliphatic hydroxyl groups is 1. The smallest absolute Gasteiger partial charge is 0.343 e. The lowest BCUT2D eigenvalue weighted by atomic mass is 10.0. The molecule has 0 spiro atoms. The molecule has 0 atom stereocenters. The van der Waals surface area contributed by atoms with Crippen molar-refractivity contribution in [1.82, 2.24) is 10.1 Å². The Morgan fingerprint density at radius 2 is 2.19 bits per heavy atom. The number of hydrogen-bond acceptors (Lipinski definition) is 7. The minimum Gasteiger partial charge on any atom is -0.494 e. The first-order valence-corrected chi connectivity index (χ1v) is 8.70. The molecular formula is C18H22FN3O5. The molecule has 2 aromatic rings. The van der Waals surface area contributed by atoms with Crippen LogP contribution >= 0.6 is 0 Å². The zero-order chi connectivity index (χ0) is 19.4. The normalized spacial score (nSPS) is 15.7. The second kappa shape index (κ2) is 8.36. The van der Waals surface area contributed by atoms with Gasteiger partial charge in [0.15, 0.2) is 28.7 Å². The standard InChI is InChI=1S/C18H22FN3O5/c1-26-14-10-11(2-3-13(14)19)16-15(18(24)25)17(21-27-16)20-12-4-6-22(7-5-12)8-9-23/h2-3,10,12,23H,4-9H2,1H3,(H,20,21)(H,24,25). The molecule has 0 saturated carbocycles. The summed E-state index contributed by atoms with van der Waals surface area (Å²) in [5.74, 6) is -1.55. The van der Waals surface area contributed by atoms with Crippen molar-refractivity contribution in [2.75, 3.05) is 38.7 Å². The Labute approximate surface area is 155 Å². The van der Waals surface area contributed by atoms with Gasteiger partial charge in [-0.15, -0.1) is 0 Å². The highest BCUT2D eigenvalue weighted by Gasteiger charge is 2.27. The fourth-order valence-corrected chi connectivity index (χ4v) is 3.22. The van der Waals surface area contributed by atoms with Crippen molar-refractivity contribution in [2.45, 2.75) is 18.9 Å². The van der Waals surface area contributed by atoms with Crippen LogP contribution in [0.1, 0.15) is 23.2 Å². The summed E-state index contributed by atoms with van der Waals surface area (Å²) in [7, 11) is 1.33. The molecule has 0 unspecified atom stereocenters. The van der Waals surface area contributed by atoms with Crippen LogP contribution in [0.4, 0.5) is 10.2 Å². The number of β-amino-alcohol motifs (C(OH)–C–C–N with tert-alkyl or cyclic N) is 1. The van der Waals surface area contributed by atoms with E-state index in [0.29, 0.717) is 12.1 Å². The van der Waals surface area contributed by atoms with Crippen LogP contribution in [0, 0.1) is 5.82 Å². The number of anilines is 1. The maximum Gasteiger partial charge on any atom is 0.343 e. The van der Waals surface area contributed by atoms with E-state index in [4.69, 9.17) is 14.4 Å². The van der Waals surface area contributed by atoms with Gasteiger partial charge in [-0.3, -0.25) is 0 Å². The number of benzene rings is 1. The van der Waals surface area contributed by atoms with Crippen molar-refractivity contribution < 1.29 is 28.7 Å². The number of halogens is 1. The molecule has 1 aromatic heterocycles. The summed E-state index contributed by atoms with van der Waals surface area (Å²) in [4.78, 5) is 13.9. The third-order valence-corrected chi connectivity index (χ3v) is 4.66. The molecule has 146 valence electrons. The fourth-order valence-electron chi connectivity index (χ4n) is 3.22. The third-order valence-electron chi connectivity index (χ3n) is 4.66. The zero-order valence-corrected chi connectivity index (χ0v) is 14.9. The van der Waals surface area contributed by atoms with Crippen LogP contribution in [0.5, 0.6) is 5.75 Å². The number of piperidine rings is 1. The number of aromatic carboxylic acids is 1. The van der Waals surface area contributed by atoms with Crippen LogP contribution in [-0.4, -0.2) is 65.6 Å². The summed E-state index contributed by atoms with van der Waals surface area (Å²) in [5, 5.41) is 25.7. The molecule has 8 nitrogen and oxygen atoms in total. The predicted molar refractivity (Wildman–Crippen MR) is 95.6 cm³/mol. The SMILES string of the molecule is COc1cc(-c2onc(NC3CCN(CCO)CC3)c2C(=O)O)ccc1F. The molecule has 1 aliphatic rings. The lowest BCUT2D eigenvalue weighted by Gasteiger charge is -2.31. The predicted octanol–water partition coefficient (Wildman–Crippen LogP) is 2.06. The quantitative estimate of drug-likeness (QED) is 0.671. The number of rotatable bonds is 7. The maximum atomic E-state index is 13.6. The summed E-state index contributed by atoms with van der Waals surface area (Å²) >= 11 is 0. The molecule has 3 rings (SSSR count). The molecule has 27 heavy (non-hydrogen) atoms. The van der Waals surface area contributed by atoms with Crippen LogP contribution in [0.25, 0.3) is 11.3 Å². The van der Waals surface area contributed by atoms with Crippen molar-refractivity contribution in [3.8, 4) is 17.1 Å². The van der Waals surface area contributed by atoms with E-state index in [9.17, 15) is 14.3 Å². The van der Waals surface area contributed by atoms with Crippen LogP contribution in [0.15, 0.2) is 22.7 Å². The van der Waals surface area contributed by atoms with Gasteiger partial charge in [-0.2, -0.15) is 0 Å². The van der Waals surface area contributed by atoms with Gasteiger partial charge in [-0.25, -0.2) is 9.18 Å². The molecular weight excluding hydrogens is 357 g/mol. The highest BCUT2D eigenvalue weighted by molar-refractivity contribution is 5.99. The fraction of sp³-hybridized carbons (Fsp3) is 0.444. The second-order valence-electron chi connectivity index (χ2n) is 6.37. The second-order valence-corrected chi connectivity index (χ2v) is 6.37. The van der Waals surface area contributed by atoms with Crippen molar-refractivity contribution in [1.29, 1.82) is 0 Å². The van der Waals surface area contributed by atoms with Crippen molar-refractivity contribution >= 4 is 11.8 Å². The molecule has 0 radical (unpaired) electrons. The van der Waals surface area contributed by atoms with E-state index in [1.54, 1.807) is 0 Å². The number of aliphatic hydroxyl groups excluding tert-OH is 1. The first kappa shape index (κ1) is 19.1. The van der Waals surface area contributed by atoms with E-state index in [-0.39, 0.29) is 35.5 Å². The minimum atomic E-state index is -1.19. The Balaban J connectivity index is 1.81. The highest BCUT2D eigenvalue weighted by atomic mass is 19.1. The van der Waals surface area contributed by atoms with Crippen LogP contribution < -0.4 is 10.1 Å². The lowest BCUT2D eigenvalue weighted by molar-refractivity contribution is 0.0698. The Kier molecular flexibility index (Phi) is 5.92. The van der Waals surface area contributed by atoms with Gasteiger partial charge in [0.05, 0.1) is 13.7 Å². The number of nitrogens with one attached hydrogen (secondary N) is 1. The number of nitrogens with zero attached hydrogens (tertiary/aromatic N) is 2. The van der Waals surface area contributed by atoms with Gasteiger partial charge in [-0.1, -0.05) is 5.16 Å². The van der Waals surface area contributed by atoms with Crippen molar-refractivity contribution in [3.63, 3.8) is 0 Å². The topological polar surface area (TPSA) is 108 Å². The Hall–Kier alpha value is -2.65. The number of aromatic nitrogens is 1. The summed E-state index contributed by atoms with van der Waals surface area (Å²) in [6.07, 6.45) is 1.59. The van der Waals surface area contributed by atoms with Crippen molar-refractivity contribution in [3.05, 3.63) is 29.6 Å². The number of ether oxygens (including phenoxy) is 1. The van der Waals surface area contributed by atoms with Crippen molar-refractivity contribution in [2.24, 2.45) is 0 Å². The summed E-state index contributed by atoms with van der Waals surface area (Å²) in [5.41, 5.74) is 0.269. The molecule has 1 aromatic carbocycles. The van der Waals surface area contributed by atoms with Gasteiger partial charge in [0, 0.05) is 31.2 Å². The molecule has 1 saturated heterocycles. The number of hydrogen-bond donors (Lipinski definition) is 3. The van der Waals surface area contributed by atoms with E-state index in [1.165, 1.54) is 25.3 Å². The first-order valence-electron chi connectivity index (χ1n) is 8.70. The molecule has 9 heteroatoms. The van der Waals surface area contributed by atoms with E-state index < -0.39 is 11.8 Å². The Morgan fingerprint density at radius 3 is 2.81 bits per heavy atom. The van der Waals surface area contributed by atoms with Gasteiger partial charge in [0.2, 0.25) is 0 Å². The lowest BCUT2D eigenvalue weighted by Crippen LogP contribution is -2.40. The van der Waals surface area contributed by atoms with Gasteiger partial charge in [-0.05, 0) is 31.0 Å². The molecule has 0 bridgehead atoms. The Bertz CT molecular complexity index is 802. The highest BCUT2D eigenvalue weighted by Crippen LogP contribution is 2.33. The molecule has 0 amide bonds.